The number of nitrogens with zero attached hydrogens (tertiary/aromatic N) is 4. The monoisotopic (exact) mass is 410 g/mol. The van der Waals surface area contributed by atoms with Crippen LogP contribution in [0.3, 0.4) is 0 Å². The Morgan fingerprint density at radius 2 is 1.73 bits per heavy atom. The zero-order chi connectivity index (χ0) is 20.9. The topological polar surface area (TPSA) is 62.5 Å². The third kappa shape index (κ3) is 5.28. The maximum atomic E-state index is 12.8. The van der Waals surface area contributed by atoms with E-state index in [4.69, 9.17) is 4.42 Å². The molecular weight excluding hydrogens is 376 g/mol. The summed E-state index contributed by atoms with van der Waals surface area (Å²) in [6.45, 7) is 8.29. The van der Waals surface area contributed by atoms with Crippen LogP contribution in [0.1, 0.15) is 68.7 Å². The summed E-state index contributed by atoms with van der Waals surface area (Å²) in [4.78, 5) is 17.2. The molecule has 1 amide bonds. The van der Waals surface area contributed by atoms with Crippen LogP contribution in [0, 0.1) is 5.92 Å². The van der Waals surface area contributed by atoms with Crippen molar-refractivity contribution >= 4 is 5.91 Å². The molecular formula is C24H34N4O2. The van der Waals surface area contributed by atoms with Crippen LogP contribution in [0.4, 0.5) is 0 Å². The number of hydrogen-bond donors (Lipinski definition) is 0. The van der Waals surface area contributed by atoms with Crippen molar-refractivity contribution < 1.29 is 9.21 Å². The van der Waals surface area contributed by atoms with Crippen molar-refractivity contribution in [3.8, 4) is 0 Å². The van der Waals surface area contributed by atoms with Gasteiger partial charge in [-0.15, -0.1) is 10.2 Å². The highest BCUT2D eigenvalue weighted by Crippen LogP contribution is 2.28. The molecule has 2 aliphatic heterocycles. The van der Waals surface area contributed by atoms with Gasteiger partial charge in [0.15, 0.2) is 0 Å². The molecule has 0 spiro atoms. The summed E-state index contributed by atoms with van der Waals surface area (Å²) in [5.74, 6) is 3.05. The van der Waals surface area contributed by atoms with Crippen molar-refractivity contribution in [3.63, 3.8) is 0 Å². The summed E-state index contributed by atoms with van der Waals surface area (Å²) in [5, 5.41) is 8.41. The fourth-order valence-corrected chi connectivity index (χ4v) is 4.61. The van der Waals surface area contributed by atoms with Gasteiger partial charge >= 0.3 is 0 Å². The van der Waals surface area contributed by atoms with Gasteiger partial charge in [-0.1, -0.05) is 44.2 Å². The summed E-state index contributed by atoms with van der Waals surface area (Å²) in [5.41, 5.74) is 1.41. The van der Waals surface area contributed by atoms with Crippen LogP contribution in [0.15, 0.2) is 34.7 Å². The maximum Gasteiger partial charge on any atom is 0.236 e. The smallest absolute Gasteiger partial charge is 0.236 e. The second-order valence-corrected chi connectivity index (χ2v) is 9.20. The number of rotatable bonds is 6. The second-order valence-electron chi connectivity index (χ2n) is 9.20. The molecule has 1 aromatic heterocycles. The third-order valence-corrected chi connectivity index (χ3v) is 6.58. The molecule has 3 heterocycles. The van der Waals surface area contributed by atoms with Crippen molar-refractivity contribution in [1.82, 2.24) is 20.0 Å². The van der Waals surface area contributed by atoms with E-state index in [2.05, 4.69) is 64.2 Å². The molecule has 0 saturated carbocycles. The predicted octanol–water partition coefficient (Wildman–Crippen LogP) is 3.85. The Kier molecular flexibility index (Phi) is 6.82. The molecule has 2 fully saturated rings. The average molecular weight is 411 g/mol. The first kappa shape index (κ1) is 21.0. The molecule has 30 heavy (non-hydrogen) atoms. The number of carbonyl (C=O) groups excluding carboxylic acids is 1. The minimum atomic E-state index is 0.265. The molecule has 0 aliphatic carbocycles. The van der Waals surface area contributed by atoms with Gasteiger partial charge in [-0.25, -0.2) is 0 Å². The molecule has 0 radical (unpaired) electrons. The van der Waals surface area contributed by atoms with Crippen LogP contribution in [-0.4, -0.2) is 58.6 Å². The van der Waals surface area contributed by atoms with Crippen LogP contribution in [-0.2, 0) is 11.2 Å². The van der Waals surface area contributed by atoms with Gasteiger partial charge in [0.05, 0.1) is 6.54 Å². The van der Waals surface area contributed by atoms with Gasteiger partial charge in [-0.05, 0) is 56.7 Å². The van der Waals surface area contributed by atoms with E-state index in [9.17, 15) is 4.79 Å². The Hall–Kier alpha value is -2.21. The van der Waals surface area contributed by atoms with Crippen molar-refractivity contribution in [3.05, 3.63) is 47.7 Å². The van der Waals surface area contributed by atoms with E-state index >= 15 is 0 Å². The lowest BCUT2D eigenvalue weighted by Gasteiger charge is -2.35. The van der Waals surface area contributed by atoms with Crippen molar-refractivity contribution in [2.75, 3.05) is 32.7 Å². The Balaban J connectivity index is 1.19. The molecule has 2 aliphatic rings. The molecule has 2 saturated heterocycles. The maximum absolute atomic E-state index is 12.8. The molecule has 6 heteroatoms. The molecule has 0 bridgehead atoms. The van der Waals surface area contributed by atoms with E-state index < -0.39 is 0 Å². The highest BCUT2D eigenvalue weighted by Gasteiger charge is 2.28. The summed E-state index contributed by atoms with van der Waals surface area (Å²) in [6, 6.07) is 10.7. The molecule has 1 aromatic carbocycles. The summed E-state index contributed by atoms with van der Waals surface area (Å²) >= 11 is 0. The number of carbonyl (C=O) groups is 1. The van der Waals surface area contributed by atoms with Gasteiger partial charge in [-0.2, -0.15) is 0 Å². The number of likely N-dealkylation sites (tertiary alicyclic amines) is 2. The van der Waals surface area contributed by atoms with E-state index in [1.807, 2.05) is 0 Å². The average Bonchev–Trinajstić information content (AvgIpc) is 3.26. The fraction of sp³-hybridized carbons (Fsp3) is 0.625. The van der Waals surface area contributed by atoms with Crippen molar-refractivity contribution in [1.29, 1.82) is 0 Å². The highest BCUT2D eigenvalue weighted by atomic mass is 16.4. The second kappa shape index (κ2) is 9.73. The van der Waals surface area contributed by atoms with E-state index in [-0.39, 0.29) is 11.8 Å². The number of benzene rings is 1. The quantitative estimate of drug-likeness (QED) is 0.724. The lowest BCUT2D eigenvalue weighted by Crippen LogP contribution is -2.46. The number of amides is 1. The first-order valence-electron chi connectivity index (χ1n) is 11.5. The summed E-state index contributed by atoms with van der Waals surface area (Å²) in [7, 11) is 0. The molecule has 2 aromatic rings. The van der Waals surface area contributed by atoms with Gasteiger partial charge in [-0.3, -0.25) is 9.69 Å². The minimum absolute atomic E-state index is 0.265. The number of aromatic nitrogens is 2. The zero-order valence-electron chi connectivity index (χ0n) is 18.3. The van der Waals surface area contributed by atoms with Gasteiger partial charge in [0.25, 0.3) is 0 Å². The summed E-state index contributed by atoms with van der Waals surface area (Å²) in [6.07, 6.45) is 5.30. The lowest BCUT2D eigenvalue weighted by atomic mass is 9.90. The largest absolute Gasteiger partial charge is 0.425 e. The fourth-order valence-electron chi connectivity index (χ4n) is 4.61. The van der Waals surface area contributed by atoms with Gasteiger partial charge in [0.2, 0.25) is 17.7 Å². The van der Waals surface area contributed by atoms with Crippen LogP contribution in [0.2, 0.25) is 0 Å². The molecule has 0 N–H and O–H groups in total. The summed E-state index contributed by atoms with van der Waals surface area (Å²) < 4.78 is 5.83. The minimum Gasteiger partial charge on any atom is -0.425 e. The van der Waals surface area contributed by atoms with Crippen molar-refractivity contribution in [2.45, 2.75) is 57.8 Å². The van der Waals surface area contributed by atoms with Gasteiger partial charge in [0, 0.05) is 24.9 Å². The lowest BCUT2D eigenvalue weighted by molar-refractivity contribution is -0.134. The Bertz CT molecular complexity index is 804. The first-order chi connectivity index (χ1) is 14.6. The number of piperidine rings is 2. The predicted molar refractivity (Wildman–Crippen MR) is 116 cm³/mol. The first-order valence-corrected chi connectivity index (χ1v) is 11.5. The van der Waals surface area contributed by atoms with Gasteiger partial charge in [0.1, 0.15) is 0 Å². The van der Waals surface area contributed by atoms with Crippen LogP contribution in [0.25, 0.3) is 0 Å². The molecule has 4 rings (SSSR count). The van der Waals surface area contributed by atoms with E-state index in [1.54, 1.807) is 0 Å². The standard InChI is InChI=1S/C24H34N4O2/c1-18(2)23-25-26-24(30-23)21-10-12-27(13-11-21)17-22(29)28-14-8-20(9-15-28)16-19-6-4-3-5-7-19/h3-7,18,20-21H,8-17H2,1-2H3. The van der Waals surface area contributed by atoms with Crippen LogP contribution >= 0.6 is 0 Å². The van der Waals surface area contributed by atoms with E-state index in [0.717, 1.165) is 70.1 Å². The zero-order valence-corrected chi connectivity index (χ0v) is 18.3. The molecule has 6 nitrogen and oxygen atoms in total. The molecule has 162 valence electrons. The Morgan fingerprint density at radius 3 is 2.37 bits per heavy atom. The SMILES string of the molecule is CC(C)c1nnc(C2CCN(CC(=O)N3CCC(Cc4ccccc4)CC3)CC2)o1. The van der Waals surface area contributed by atoms with Crippen LogP contribution < -0.4 is 0 Å². The molecule has 0 unspecified atom stereocenters. The molecule has 0 atom stereocenters. The van der Waals surface area contributed by atoms with Crippen LogP contribution in [0.5, 0.6) is 0 Å². The Labute approximate surface area is 179 Å². The Morgan fingerprint density at radius 1 is 1.03 bits per heavy atom. The van der Waals surface area contributed by atoms with E-state index in [1.165, 1.54) is 5.56 Å². The highest BCUT2D eigenvalue weighted by molar-refractivity contribution is 5.78. The van der Waals surface area contributed by atoms with E-state index in [0.29, 0.717) is 18.4 Å². The number of hydrogen-bond acceptors (Lipinski definition) is 5. The third-order valence-electron chi connectivity index (χ3n) is 6.58. The van der Waals surface area contributed by atoms with Gasteiger partial charge < -0.3 is 9.32 Å². The normalized spacial score (nSPS) is 19.5. The van der Waals surface area contributed by atoms with Crippen molar-refractivity contribution in [2.24, 2.45) is 5.92 Å².